The summed E-state index contributed by atoms with van der Waals surface area (Å²) in [6.45, 7) is 3.89. The molecule has 0 saturated carbocycles. The van der Waals surface area contributed by atoms with Crippen LogP contribution in [0.3, 0.4) is 0 Å². The molecular weight excluding hydrogens is 304 g/mol. The number of carbonyl (C=O) groups excluding carboxylic acids is 2. The zero-order valence-corrected chi connectivity index (χ0v) is 13.6. The standard InChI is InChI=1S/C19H18N2O3/c1-3-21(17-7-5-4-6-8-17)18(22)14(2)24-19(23)16-11-9-15(13-20)10-12-16/h4-12,14H,3H2,1-2H3/t14-/m1/s1. The minimum absolute atomic E-state index is 0.286. The SMILES string of the molecule is CCN(C(=O)[C@@H](C)OC(=O)c1ccc(C#N)cc1)c1ccccc1. The Labute approximate surface area is 141 Å². The van der Waals surface area contributed by atoms with Crippen molar-refractivity contribution < 1.29 is 14.3 Å². The molecule has 0 aliphatic rings. The van der Waals surface area contributed by atoms with Crippen molar-refractivity contribution in [1.29, 1.82) is 5.26 Å². The van der Waals surface area contributed by atoms with Gasteiger partial charge in [-0.1, -0.05) is 18.2 Å². The average molecular weight is 322 g/mol. The van der Waals surface area contributed by atoms with Gasteiger partial charge in [-0.15, -0.1) is 0 Å². The third kappa shape index (κ3) is 3.99. The van der Waals surface area contributed by atoms with Gasteiger partial charge in [-0.25, -0.2) is 4.79 Å². The van der Waals surface area contributed by atoms with Gasteiger partial charge in [0.05, 0.1) is 17.2 Å². The molecule has 0 aromatic heterocycles. The van der Waals surface area contributed by atoms with Gasteiger partial charge in [-0.3, -0.25) is 4.79 Å². The second kappa shape index (κ2) is 7.93. The van der Waals surface area contributed by atoms with Crippen LogP contribution in [0, 0.1) is 11.3 Å². The van der Waals surface area contributed by atoms with Gasteiger partial charge in [0, 0.05) is 12.2 Å². The normalized spacial score (nSPS) is 11.2. The third-order valence-electron chi connectivity index (χ3n) is 3.53. The van der Waals surface area contributed by atoms with E-state index in [2.05, 4.69) is 0 Å². The van der Waals surface area contributed by atoms with Crippen molar-refractivity contribution in [2.45, 2.75) is 20.0 Å². The monoisotopic (exact) mass is 322 g/mol. The molecular formula is C19H18N2O3. The number of hydrogen-bond acceptors (Lipinski definition) is 4. The fourth-order valence-corrected chi connectivity index (χ4v) is 2.25. The Morgan fingerprint density at radius 2 is 1.75 bits per heavy atom. The third-order valence-corrected chi connectivity index (χ3v) is 3.53. The summed E-state index contributed by atoms with van der Waals surface area (Å²) in [6, 6.07) is 17.3. The fourth-order valence-electron chi connectivity index (χ4n) is 2.25. The lowest BCUT2D eigenvalue weighted by Crippen LogP contribution is -2.40. The number of nitriles is 1. The minimum Gasteiger partial charge on any atom is -0.449 e. The molecule has 122 valence electrons. The minimum atomic E-state index is -0.909. The number of nitrogens with zero attached hydrogens (tertiary/aromatic N) is 2. The molecule has 0 bridgehead atoms. The number of amides is 1. The first kappa shape index (κ1) is 17.2. The fraction of sp³-hybridized carbons (Fsp3) is 0.211. The highest BCUT2D eigenvalue weighted by Crippen LogP contribution is 2.16. The Kier molecular flexibility index (Phi) is 5.69. The summed E-state index contributed by atoms with van der Waals surface area (Å²) >= 11 is 0. The van der Waals surface area contributed by atoms with Gasteiger partial charge in [-0.2, -0.15) is 5.26 Å². The van der Waals surface area contributed by atoms with E-state index in [9.17, 15) is 9.59 Å². The van der Waals surface area contributed by atoms with E-state index >= 15 is 0 Å². The Balaban J connectivity index is 2.07. The van der Waals surface area contributed by atoms with Crippen molar-refractivity contribution in [3.63, 3.8) is 0 Å². The topological polar surface area (TPSA) is 70.4 Å². The second-order valence-corrected chi connectivity index (χ2v) is 5.15. The van der Waals surface area contributed by atoms with E-state index in [1.165, 1.54) is 24.3 Å². The molecule has 0 aliphatic heterocycles. The van der Waals surface area contributed by atoms with Crippen molar-refractivity contribution in [3.05, 3.63) is 65.7 Å². The largest absolute Gasteiger partial charge is 0.449 e. The molecule has 0 fully saturated rings. The number of esters is 1. The van der Waals surface area contributed by atoms with Crippen LogP contribution in [0.5, 0.6) is 0 Å². The van der Waals surface area contributed by atoms with E-state index in [0.717, 1.165) is 5.69 Å². The smallest absolute Gasteiger partial charge is 0.338 e. The number of carbonyl (C=O) groups is 2. The number of benzene rings is 2. The quantitative estimate of drug-likeness (QED) is 0.793. The van der Waals surface area contributed by atoms with Crippen LogP contribution in [-0.4, -0.2) is 24.5 Å². The van der Waals surface area contributed by atoms with E-state index in [-0.39, 0.29) is 5.91 Å². The molecule has 5 nitrogen and oxygen atoms in total. The van der Waals surface area contributed by atoms with Gasteiger partial charge < -0.3 is 9.64 Å². The Hall–Kier alpha value is -3.13. The van der Waals surface area contributed by atoms with Crippen LogP contribution in [-0.2, 0) is 9.53 Å². The maximum atomic E-state index is 12.5. The van der Waals surface area contributed by atoms with Crippen LogP contribution in [0.2, 0.25) is 0 Å². The van der Waals surface area contributed by atoms with E-state index in [0.29, 0.717) is 17.7 Å². The molecule has 0 radical (unpaired) electrons. The van der Waals surface area contributed by atoms with Crippen LogP contribution in [0.15, 0.2) is 54.6 Å². The predicted molar refractivity (Wildman–Crippen MR) is 90.5 cm³/mol. The van der Waals surface area contributed by atoms with Gasteiger partial charge in [0.25, 0.3) is 5.91 Å². The van der Waals surface area contributed by atoms with E-state index < -0.39 is 12.1 Å². The lowest BCUT2D eigenvalue weighted by Gasteiger charge is -2.24. The highest BCUT2D eigenvalue weighted by molar-refractivity contribution is 5.99. The van der Waals surface area contributed by atoms with Crippen LogP contribution >= 0.6 is 0 Å². The van der Waals surface area contributed by atoms with Gasteiger partial charge in [0.2, 0.25) is 0 Å². The molecule has 1 atom stereocenters. The Morgan fingerprint density at radius 1 is 1.12 bits per heavy atom. The number of anilines is 1. The highest BCUT2D eigenvalue weighted by atomic mass is 16.5. The summed E-state index contributed by atoms with van der Waals surface area (Å²) in [5, 5.41) is 8.77. The molecule has 2 aromatic carbocycles. The van der Waals surface area contributed by atoms with Crippen LogP contribution in [0.25, 0.3) is 0 Å². The first-order chi connectivity index (χ1) is 11.6. The van der Waals surface area contributed by atoms with Gasteiger partial charge >= 0.3 is 5.97 Å². The molecule has 2 aromatic rings. The lowest BCUT2D eigenvalue weighted by molar-refractivity contribution is -0.126. The number of rotatable bonds is 5. The predicted octanol–water partition coefficient (Wildman–Crippen LogP) is 3.16. The van der Waals surface area contributed by atoms with Crippen molar-refractivity contribution in [2.75, 3.05) is 11.4 Å². The molecule has 0 aliphatic carbocycles. The van der Waals surface area contributed by atoms with E-state index in [4.69, 9.17) is 10.00 Å². The van der Waals surface area contributed by atoms with Crippen LogP contribution in [0.4, 0.5) is 5.69 Å². The van der Waals surface area contributed by atoms with E-state index in [1.54, 1.807) is 11.8 Å². The number of hydrogen-bond donors (Lipinski definition) is 0. The zero-order valence-electron chi connectivity index (χ0n) is 13.6. The second-order valence-electron chi connectivity index (χ2n) is 5.15. The van der Waals surface area contributed by atoms with Crippen molar-refractivity contribution in [1.82, 2.24) is 0 Å². The first-order valence-corrected chi connectivity index (χ1v) is 7.64. The van der Waals surface area contributed by atoms with Crippen LogP contribution < -0.4 is 4.90 Å². The molecule has 0 spiro atoms. The number of ether oxygens (including phenoxy) is 1. The summed E-state index contributed by atoms with van der Waals surface area (Å²) in [5.74, 6) is -0.879. The van der Waals surface area contributed by atoms with E-state index in [1.807, 2.05) is 43.3 Å². The highest BCUT2D eigenvalue weighted by Gasteiger charge is 2.24. The van der Waals surface area contributed by atoms with Crippen molar-refractivity contribution in [2.24, 2.45) is 0 Å². The molecule has 0 N–H and O–H groups in total. The Bertz CT molecular complexity index is 748. The molecule has 0 unspecified atom stereocenters. The van der Waals surface area contributed by atoms with Gasteiger partial charge in [-0.05, 0) is 50.2 Å². The molecule has 0 saturated heterocycles. The summed E-state index contributed by atoms with van der Waals surface area (Å²) in [6.07, 6.45) is -0.909. The summed E-state index contributed by atoms with van der Waals surface area (Å²) in [7, 11) is 0. The lowest BCUT2D eigenvalue weighted by atomic mass is 10.1. The summed E-state index contributed by atoms with van der Waals surface area (Å²) in [4.78, 5) is 26.2. The number of para-hydroxylation sites is 1. The van der Waals surface area contributed by atoms with Crippen LogP contribution in [0.1, 0.15) is 29.8 Å². The summed E-state index contributed by atoms with van der Waals surface area (Å²) < 4.78 is 5.26. The number of likely N-dealkylation sites (N-methyl/N-ethyl adjacent to an activating group) is 1. The molecule has 24 heavy (non-hydrogen) atoms. The molecule has 5 heteroatoms. The van der Waals surface area contributed by atoms with Gasteiger partial charge in [0.1, 0.15) is 0 Å². The zero-order chi connectivity index (χ0) is 17.5. The van der Waals surface area contributed by atoms with Gasteiger partial charge in [0.15, 0.2) is 6.10 Å². The maximum Gasteiger partial charge on any atom is 0.338 e. The summed E-state index contributed by atoms with van der Waals surface area (Å²) in [5.41, 5.74) is 1.51. The Morgan fingerprint density at radius 3 is 2.29 bits per heavy atom. The molecule has 2 rings (SSSR count). The average Bonchev–Trinajstić information content (AvgIpc) is 2.63. The van der Waals surface area contributed by atoms with Crippen molar-refractivity contribution >= 4 is 17.6 Å². The maximum absolute atomic E-state index is 12.5. The van der Waals surface area contributed by atoms with Crippen molar-refractivity contribution in [3.8, 4) is 6.07 Å². The molecule has 1 amide bonds. The first-order valence-electron chi connectivity index (χ1n) is 7.64. The molecule has 0 heterocycles.